The van der Waals surface area contributed by atoms with E-state index in [1.807, 2.05) is 22.7 Å². The zero-order valence-corrected chi connectivity index (χ0v) is 34.8. The second-order valence-corrected chi connectivity index (χ2v) is 20.2. The molecule has 0 aromatic carbocycles. The molecule has 2 rings (SSSR count). The third-order valence-electron chi connectivity index (χ3n) is 9.43. The van der Waals surface area contributed by atoms with E-state index in [4.69, 9.17) is 0 Å². The van der Waals surface area contributed by atoms with Crippen molar-refractivity contribution < 1.29 is 21.2 Å². The molecule has 0 nitrogen and oxygen atoms in total. The molecule has 0 aliphatic carbocycles. The average molecular weight is 794 g/mol. The maximum absolute atomic E-state index is 2.45. The zero-order valence-electron chi connectivity index (χ0n) is 31.0. The van der Waals surface area contributed by atoms with Gasteiger partial charge in [0, 0.05) is 22.9 Å². The van der Waals surface area contributed by atoms with Crippen molar-refractivity contribution in [1.29, 1.82) is 0 Å². The van der Waals surface area contributed by atoms with Gasteiger partial charge in [0.05, 0.1) is 0 Å². The lowest BCUT2D eigenvalue weighted by molar-refractivity contribution is -0.585. The van der Waals surface area contributed by atoms with Crippen molar-refractivity contribution in [1.82, 2.24) is 0 Å². The van der Waals surface area contributed by atoms with Crippen molar-refractivity contribution in [3.8, 4) is 0 Å². The number of allylic oxidation sites excluding steroid dienone is 2. The first-order valence-corrected chi connectivity index (χ1v) is 24.4. The van der Waals surface area contributed by atoms with Gasteiger partial charge in [0.25, 0.3) is 0 Å². The van der Waals surface area contributed by atoms with E-state index in [1.165, 1.54) is 204 Å². The third kappa shape index (κ3) is 26.1. The molecular weight excluding hydrogens is 720 g/mol. The van der Waals surface area contributed by atoms with E-state index in [1.54, 1.807) is 5.77 Å². The van der Waals surface area contributed by atoms with Crippen LogP contribution < -0.4 is 21.2 Å². The largest absolute Gasteiger partial charge is 0.381 e. The summed E-state index contributed by atoms with van der Waals surface area (Å²) in [6, 6.07) is 4.90. The lowest BCUT2D eigenvalue weighted by atomic mass is 10.0. The first kappa shape index (κ1) is 42.8. The van der Waals surface area contributed by atoms with Crippen LogP contribution in [-0.2, 0) is 0 Å². The number of hydrogen-bond acceptors (Lipinski definition) is 2. The lowest BCUT2D eigenvalue weighted by Crippen LogP contribution is -3.61. The predicted octanol–water partition coefficient (Wildman–Crippen LogP) is 13.7. The van der Waals surface area contributed by atoms with Crippen molar-refractivity contribution in [2.24, 2.45) is 0 Å². The first-order valence-electron chi connectivity index (χ1n) is 20.5. The quantitative estimate of drug-likeness (QED) is 0.0489. The van der Waals surface area contributed by atoms with Crippen molar-refractivity contribution in [3.63, 3.8) is 0 Å². The second-order valence-electron chi connectivity index (χ2n) is 14.0. The Hall–Kier alpha value is -0.390. The third-order valence-corrected chi connectivity index (χ3v) is 15.1. The molecule has 268 valence electrons. The number of unbranched alkanes of at least 4 members (excludes halogenated alkanes) is 28. The van der Waals surface area contributed by atoms with Crippen molar-refractivity contribution in [2.75, 3.05) is 0 Å². The molecule has 47 heavy (non-hydrogen) atoms. The Labute approximate surface area is 312 Å². The van der Waals surface area contributed by atoms with Gasteiger partial charge in [-0.25, -0.2) is 0 Å². The molecule has 0 bridgehead atoms. The number of rotatable bonds is 34. The molecule has 0 atom stereocenters. The zero-order chi connectivity index (χ0) is 33.3. The Morgan fingerprint density at radius 2 is 0.681 bits per heavy atom. The molecule has 0 spiro atoms. The highest BCUT2D eigenvalue weighted by molar-refractivity contribution is 7.08. The predicted molar refractivity (Wildman–Crippen MR) is 214 cm³/mol. The Morgan fingerprint density at radius 1 is 0.404 bits per heavy atom. The van der Waals surface area contributed by atoms with E-state index in [9.17, 15) is 0 Å². The first-order chi connectivity index (χ1) is 23.3. The van der Waals surface area contributed by atoms with Crippen LogP contribution >= 0.6 is 22.7 Å². The van der Waals surface area contributed by atoms with Crippen LogP contribution in [0.25, 0.3) is 12.2 Å². The van der Waals surface area contributed by atoms with E-state index >= 15 is 0 Å². The van der Waals surface area contributed by atoms with Crippen LogP contribution in [0.4, 0.5) is 0 Å². The van der Waals surface area contributed by atoms with Gasteiger partial charge in [-0.15, -0.1) is 0 Å². The highest BCUT2D eigenvalue weighted by atomic mass is 127. The molecule has 3 heteroatoms. The van der Waals surface area contributed by atoms with Gasteiger partial charge in [-0.1, -0.05) is 228 Å². The fraction of sp³-hybridized carbons (Fsp3) is 0.727. The number of hydrogen-bond donors (Lipinski definition) is 0. The molecule has 0 unspecified atom stereocenters. The molecule has 0 saturated heterocycles. The van der Waals surface area contributed by atoms with Crippen LogP contribution in [0.15, 0.2) is 35.0 Å². The minimum atomic E-state index is -0.0429. The highest BCUT2D eigenvalue weighted by Gasteiger charge is 2.20. The summed E-state index contributed by atoms with van der Waals surface area (Å²) in [5, 5.41) is 4.73. The van der Waals surface area contributed by atoms with Gasteiger partial charge in [0.15, 0.2) is 0 Å². The number of thiophene rings is 2. The fourth-order valence-electron chi connectivity index (χ4n) is 6.36. The summed E-state index contributed by atoms with van der Waals surface area (Å²) in [7, 11) is 0. The monoisotopic (exact) mass is 793 g/mol. The van der Waals surface area contributed by atoms with E-state index in [-0.39, 0.29) is 21.2 Å². The molecule has 0 saturated carbocycles. The minimum absolute atomic E-state index is 0.0429. The van der Waals surface area contributed by atoms with Crippen molar-refractivity contribution >= 4 is 34.8 Å². The van der Waals surface area contributed by atoms with Crippen LogP contribution in [0.5, 0.6) is 0 Å². The maximum Gasteiger partial charge on any atom is 0.381 e. The van der Waals surface area contributed by atoms with Gasteiger partial charge in [0.1, 0.15) is 0 Å². The molecule has 2 aromatic heterocycles. The summed E-state index contributed by atoms with van der Waals surface area (Å²) in [4.78, 5) is 0. The van der Waals surface area contributed by atoms with E-state index < -0.39 is 0 Å². The number of halogens is 1. The summed E-state index contributed by atoms with van der Waals surface area (Å²) in [5.74, 6) is 0. The smallest absolute Gasteiger partial charge is 0.0956 e. The Balaban J connectivity index is 1.41. The summed E-state index contributed by atoms with van der Waals surface area (Å²) in [5.41, 5.74) is 2.83. The van der Waals surface area contributed by atoms with Gasteiger partial charge in [-0.2, -0.15) is 0 Å². The van der Waals surface area contributed by atoms with Gasteiger partial charge in [-0.3, -0.25) is 0 Å². The summed E-state index contributed by atoms with van der Waals surface area (Å²) in [6.45, 7) is 4.61. The molecule has 0 fully saturated rings. The van der Waals surface area contributed by atoms with Crippen LogP contribution in [0.3, 0.4) is 0 Å². The minimum Gasteiger partial charge on any atom is -0.0956 e. The summed E-state index contributed by atoms with van der Waals surface area (Å²) >= 11 is 3.89. The van der Waals surface area contributed by atoms with Crippen LogP contribution in [0.2, 0.25) is 0 Å². The van der Waals surface area contributed by atoms with E-state index in [0.717, 1.165) is 0 Å². The Bertz CT molecular complexity index is 904. The van der Waals surface area contributed by atoms with E-state index in [2.05, 4.69) is 61.0 Å². The van der Waals surface area contributed by atoms with Crippen molar-refractivity contribution in [3.05, 3.63) is 51.9 Å². The van der Waals surface area contributed by atoms with Crippen LogP contribution in [0, 0.1) is 5.77 Å². The molecule has 0 aliphatic rings. The van der Waals surface area contributed by atoms with Gasteiger partial charge in [0.2, 0.25) is 5.77 Å². The Kier molecular flexibility index (Phi) is 29.8. The lowest BCUT2D eigenvalue weighted by Gasteiger charge is -2.02. The normalized spacial score (nSPS) is 12.0. The molecular formula is C44H74IS2+. The molecule has 0 radical (unpaired) electrons. The second kappa shape index (κ2) is 32.8. The van der Waals surface area contributed by atoms with E-state index in [0.29, 0.717) is 0 Å². The fourth-order valence-corrected chi connectivity index (χ4v) is 12.2. The summed E-state index contributed by atoms with van der Waals surface area (Å²) < 4.78 is 3.19. The standard InChI is InChI=1S/C44H74IS2/c1-3-5-7-9-11-13-15-17-19-21-23-25-27-29-31-33-35-41-37-43(46-39-41)45-44-38-42(40-47-44)36-34-32-30-28-26-24-22-20-18-16-14-12-10-8-6-4-2/h33-40H,3-32H2,1-2H3/q+1. The van der Waals surface area contributed by atoms with Crippen LogP contribution in [0.1, 0.15) is 218 Å². The summed E-state index contributed by atoms with van der Waals surface area (Å²) in [6.07, 6.45) is 52.2. The van der Waals surface area contributed by atoms with Crippen molar-refractivity contribution in [2.45, 2.75) is 206 Å². The topological polar surface area (TPSA) is 0 Å². The molecule has 2 heterocycles. The molecule has 0 amide bonds. The molecule has 0 aliphatic heterocycles. The Morgan fingerprint density at radius 3 is 0.979 bits per heavy atom. The maximum atomic E-state index is 2.45. The highest BCUT2D eigenvalue weighted by Crippen LogP contribution is 2.16. The van der Waals surface area contributed by atoms with Gasteiger partial charge in [-0.05, 0) is 36.8 Å². The van der Waals surface area contributed by atoms with Gasteiger partial charge >= 0.3 is 21.2 Å². The SMILES string of the molecule is CCCCCCCCCCCCCCCCC=Cc1csc([I+]c2cc(C=CCCCCCCCCCCCCCCCC)cs2)c1. The van der Waals surface area contributed by atoms with Crippen LogP contribution in [-0.4, -0.2) is 0 Å². The molecule has 2 aromatic rings. The average Bonchev–Trinajstić information content (AvgIpc) is 3.73. The van der Waals surface area contributed by atoms with Gasteiger partial charge < -0.3 is 0 Å². The molecule has 0 N–H and O–H groups in total.